The lowest BCUT2D eigenvalue weighted by atomic mass is 10.0. The maximum absolute atomic E-state index is 12.1. The van der Waals surface area contributed by atoms with E-state index in [4.69, 9.17) is 0 Å². The molecule has 0 atom stereocenters. The summed E-state index contributed by atoms with van der Waals surface area (Å²) in [5.41, 5.74) is 0.771. The van der Waals surface area contributed by atoms with Gasteiger partial charge in [0.2, 0.25) is 0 Å². The molecule has 0 aliphatic rings. The lowest BCUT2D eigenvalue weighted by molar-refractivity contribution is -0.274. The van der Waals surface area contributed by atoms with Crippen LogP contribution in [0, 0.1) is 0 Å². The monoisotopic (exact) mass is 271 g/mol. The Bertz CT molecular complexity index is 659. The van der Waals surface area contributed by atoms with Gasteiger partial charge in [-0.2, -0.15) is 0 Å². The third-order valence-corrected chi connectivity index (χ3v) is 2.70. The maximum atomic E-state index is 12.1. The minimum absolute atomic E-state index is 0.0136. The van der Waals surface area contributed by atoms with Crippen LogP contribution in [0.4, 0.5) is 13.2 Å². The van der Waals surface area contributed by atoms with E-state index in [-0.39, 0.29) is 17.2 Å². The number of aromatic nitrogens is 1. The van der Waals surface area contributed by atoms with E-state index in [1.165, 1.54) is 18.2 Å². The van der Waals surface area contributed by atoms with Crippen LogP contribution in [0.3, 0.4) is 0 Å². The van der Waals surface area contributed by atoms with Crippen LogP contribution in [0.25, 0.3) is 10.9 Å². The van der Waals surface area contributed by atoms with Crippen molar-refractivity contribution in [3.05, 3.63) is 40.2 Å². The number of ether oxygens (including phenoxy) is 1. The van der Waals surface area contributed by atoms with Crippen LogP contribution in [0.2, 0.25) is 0 Å². The molecule has 2 aromatic rings. The van der Waals surface area contributed by atoms with E-state index in [1.54, 1.807) is 6.07 Å². The Balaban J connectivity index is 2.53. The summed E-state index contributed by atoms with van der Waals surface area (Å²) >= 11 is 0. The molecule has 0 aliphatic carbocycles. The average Bonchev–Trinajstić information content (AvgIpc) is 2.26. The summed E-state index contributed by atoms with van der Waals surface area (Å²) < 4.78 is 40.2. The fourth-order valence-electron chi connectivity index (χ4n) is 1.83. The minimum atomic E-state index is -4.73. The quantitative estimate of drug-likeness (QED) is 0.907. The van der Waals surface area contributed by atoms with Gasteiger partial charge in [0.05, 0.1) is 0 Å². The van der Waals surface area contributed by atoms with Gasteiger partial charge >= 0.3 is 6.36 Å². The Labute approximate surface area is 107 Å². The molecule has 0 fully saturated rings. The number of pyridine rings is 1. The smallest absolute Gasteiger partial charge is 0.406 e. The van der Waals surface area contributed by atoms with E-state index in [1.807, 2.05) is 13.8 Å². The topological polar surface area (TPSA) is 42.1 Å². The molecule has 19 heavy (non-hydrogen) atoms. The second-order valence-electron chi connectivity index (χ2n) is 4.51. The van der Waals surface area contributed by atoms with Crippen molar-refractivity contribution in [1.82, 2.24) is 4.98 Å². The number of aromatic amines is 1. The Morgan fingerprint density at radius 2 is 1.89 bits per heavy atom. The normalized spacial score (nSPS) is 12.1. The maximum Gasteiger partial charge on any atom is 0.573 e. The van der Waals surface area contributed by atoms with Gasteiger partial charge in [-0.1, -0.05) is 13.8 Å². The largest absolute Gasteiger partial charge is 0.573 e. The van der Waals surface area contributed by atoms with Gasteiger partial charge in [0, 0.05) is 16.5 Å². The highest BCUT2D eigenvalue weighted by Crippen LogP contribution is 2.26. The number of fused-ring (bicyclic) bond motifs is 1. The van der Waals surface area contributed by atoms with E-state index in [0.717, 1.165) is 0 Å². The third-order valence-electron chi connectivity index (χ3n) is 2.70. The second kappa shape index (κ2) is 4.60. The average molecular weight is 271 g/mol. The first-order valence-electron chi connectivity index (χ1n) is 5.69. The lowest BCUT2D eigenvalue weighted by Crippen LogP contribution is -2.17. The van der Waals surface area contributed by atoms with Crippen LogP contribution in [-0.4, -0.2) is 11.3 Å². The van der Waals surface area contributed by atoms with Crippen molar-refractivity contribution in [2.75, 3.05) is 0 Å². The van der Waals surface area contributed by atoms with Crippen molar-refractivity contribution in [3.63, 3.8) is 0 Å². The molecule has 0 aliphatic heterocycles. The number of alkyl halides is 3. The number of halogens is 3. The molecule has 0 bridgehead atoms. The van der Waals surface area contributed by atoms with Gasteiger partial charge in [-0.15, -0.1) is 13.2 Å². The molecule has 6 heteroatoms. The molecule has 0 spiro atoms. The highest BCUT2D eigenvalue weighted by atomic mass is 19.4. The second-order valence-corrected chi connectivity index (χ2v) is 4.51. The summed E-state index contributed by atoms with van der Waals surface area (Å²) in [6.07, 6.45) is -4.73. The SMILES string of the molecule is CC(C)c1cc2cc(OC(F)(F)F)ccc2[nH]c1=O. The van der Waals surface area contributed by atoms with E-state index in [2.05, 4.69) is 9.72 Å². The van der Waals surface area contributed by atoms with Crippen LogP contribution in [0.5, 0.6) is 5.75 Å². The summed E-state index contributed by atoms with van der Waals surface area (Å²) in [7, 11) is 0. The van der Waals surface area contributed by atoms with Crippen molar-refractivity contribution in [2.45, 2.75) is 26.1 Å². The molecular formula is C13H12F3NO2. The van der Waals surface area contributed by atoms with Crippen molar-refractivity contribution < 1.29 is 17.9 Å². The number of nitrogens with one attached hydrogen (secondary N) is 1. The molecule has 0 saturated carbocycles. The van der Waals surface area contributed by atoms with Crippen LogP contribution in [0.15, 0.2) is 29.1 Å². The molecule has 1 heterocycles. The van der Waals surface area contributed by atoms with Crippen LogP contribution in [0.1, 0.15) is 25.3 Å². The summed E-state index contributed by atoms with van der Waals surface area (Å²) in [5, 5.41) is 0.505. The van der Waals surface area contributed by atoms with Crippen LogP contribution < -0.4 is 10.3 Å². The van der Waals surface area contributed by atoms with E-state index in [0.29, 0.717) is 16.5 Å². The van der Waals surface area contributed by atoms with Crippen molar-refractivity contribution in [3.8, 4) is 5.75 Å². The van der Waals surface area contributed by atoms with E-state index in [9.17, 15) is 18.0 Å². The van der Waals surface area contributed by atoms with Crippen molar-refractivity contribution in [2.24, 2.45) is 0 Å². The molecule has 0 amide bonds. The van der Waals surface area contributed by atoms with E-state index < -0.39 is 6.36 Å². The van der Waals surface area contributed by atoms with Crippen molar-refractivity contribution >= 4 is 10.9 Å². The number of H-pyrrole nitrogens is 1. The van der Waals surface area contributed by atoms with Gasteiger partial charge in [-0.3, -0.25) is 4.79 Å². The summed E-state index contributed by atoms with van der Waals surface area (Å²) in [6.45, 7) is 3.68. The third kappa shape index (κ3) is 3.07. The predicted molar refractivity (Wildman–Crippen MR) is 65.3 cm³/mol. The Morgan fingerprint density at radius 1 is 1.21 bits per heavy atom. The lowest BCUT2D eigenvalue weighted by Gasteiger charge is -2.10. The Hall–Kier alpha value is -1.98. The first-order valence-corrected chi connectivity index (χ1v) is 5.69. The first-order chi connectivity index (χ1) is 8.76. The summed E-state index contributed by atoms with van der Waals surface area (Å²) in [6, 6.07) is 5.40. The zero-order valence-corrected chi connectivity index (χ0v) is 10.3. The molecule has 1 aromatic heterocycles. The Kier molecular flexibility index (Phi) is 3.26. The van der Waals surface area contributed by atoms with Gasteiger partial charge < -0.3 is 9.72 Å². The van der Waals surface area contributed by atoms with Crippen LogP contribution in [-0.2, 0) is 0 Å². The fourth-order valence-corrected chi connectivity index (χ4v) is 1.83. The number of hydrogen-bond acceptors (Lipinski definition) is 2. The highest BCUT2D eigenvalue weighted by molar-refractivity contribution is 5.80. The molecule has 0 radical (unpaired) electrons. The highest BCUT2D eigenvalue weighted by Gasteiger charge is 2.31. The molecular weight excluding hydrogens is 259 g/mol. The van der Waals surface area contributed by atoms with Gasteiger partial charge in [0.15, 0.2) is 0 Å². The van der Waals surface area contributed by atoms with Gasteiger partial charge in [0.1, 0.15) is 5.75 Å². The molecule has 2 rings (SSSR count). The molecule has 0 unspecified atom stereocenters. The zero-order valence-electron chi connectivity index (χ0n) is 10.3. The molecule has 3 nitrogen and oxygen atoms in total. The van der Waals surface area contributed by atoms with Crippen LogP contribution >= 0.6 is 0 Å². The van der Waals surface area contributed by atoms with E-state index >= 15 is 0 Å². The van der Waals surface area contributed by atoms with Gasteiger partial charge in [0.25, 0.3) is 5.56 Å². The molecule has 102 valence electrons. The number of rotatable bonds is 2. The van der Waals surface area contributed by atoms with Gasteiger partial charge in [-0.25, -0.2) is 0 Å². The summed E-state index contributed by atoms with van der Waals surface area (Å²) in [4.78, 5) is 14.4. The fraction of sp³-hybridized carbons (Fsp3) is 0.308. The number of benzene rings is 1. The molecule has 1 aromatic carbocycles. The molecule has 0 saturated heterocycles. The minimum Gasteiger partial charge on any atom is -0.406 e. The zero-order chi connectivity index (χ0) is 14.2. The first kappa shape index (κ1) is 13.5. The number of hydrogen-bond donors (Lipinski definition) is 1. The standard InChI is InChI=1S/C13H12F3NO2/c1-7(2)10-6-8-5-9(19-13(14,15)16)3-4-11(8)17-12(10)18/h3-7H,1-2H3,(H,17,18). The van der Waals surface area contributed by atoms with Crippen molar-refractivity contribution in [1.29, 1.82) is 0 Å². The Morgan fingerprint density at radius 3 is 2.47 bits per heavy atom. The summed E-state index contributed by atoms with van der Waals surface area (Å²) in [5.74, 6) is -0.318. The predicted octanol–water partition coefficient (Wildman–Crippen LogP) is 3.55. The van der Waals surface area contributed by atoms with Gasteiger partial charge in [-0.05, 0) is 30.2 Å². The molecule has 1 N–H and O–H groups in total.